The van der Waals surface area contributed by atoms with Gasteiger partial charge < -0.3 is 25.2 Å². The first-order valence-electron chi connectivity index (χ1n) is 19.5. The fourth-order valence-corrected chi connectivity index (χ4v) is 9.67. The van der Waals surface area contributed by atoms with Crippen molar-refractivity contribution in [3.63, 3.8) is 0 Å². The number of methoxy groups -OCH3 is 2. The third-order valence-electron chi connectivity index (χ3n) is 12.6. The quantitative estimate of drug-likeness (QED) is 0.103. The minimum Gasteiger partial charge on any atom is -0.481 e. The van der Waals surface area contributed by atoms with Gasteiger partial charge in [0.2, 0.25) is 17.7 Å². The van der Waals surface area contributed by atoms with Crippen LogP contribution in [-0.2, 0) is 29.2 Å². The van der Waals surface area contributed by atoms with Gasteiger partial charge in [-0.3, -0.25) is 19.2 Å². The number of benzene rings is 2. The molecule has 0 unspecified atom stereocenters. The average Bonchev–Trinajstić information content (AvgIpc) is 3.85. The van der Waals surface area contributed by atoms with Gasteiger partial charge in [-0.1, -0.05) is 59.6 Å². The van der Waals surface area contributed by atoms with Crippen molar-refractivity contribution >= 4 is 46.0 Å². The maximum Gasteiger partial charge on any atom is 0.309 e. The van der Waals surface area contributed by atoms with Crippen LogP contribution >= 0.6 is 23.2 Å². The zero-order valence-corrected chi connectivity index (χ0v) is 33.9. The molecule has 12 nitrogen and oxygen atoms in total. The first-order valence-corrected chi connectivity index (χ1v) is 20.2. The second-order valence-corrected chi connectivity index (χ2v) is 16.5. The zero-order chi connectivity index (χ0) is 39.9. The largest absolute Gasteiger partial charge is 0.481 e. The molecule has 5 aromatic rings. The average molecular weight is 813 g/mol. The second-order valence-electron chi connectivity index (χ2n) is 15.8. The Kier molecular flexibility index (Phi) is 10.9. The first-order chi connectivity index (χ1) is 27.5. The van der Waals surface area contributed by atoms with E-state index in [4.69, 9.17) is 47.7 Å². The van der Waals surface area contributed by atoms with Gasteiger partial charge in [0.1, 0.15) is 0 Å². The number of carbonyl (C=O) groups excluding carboxylic acids is 1. The van der Waals surface area contributed by atoms with E-state index in [1.54, 1.807) is 14.2 Å². The summed E-state index contributed by atoms with van der Waals surface area (Å²) in [5.41, 5.74) is 5.98. The summed E-state index contributed by atoms with van der Waals surface area (Å²) in [6.07, 6.45) is 7.97. The number of carbonyl (C=O) groups is 2. The number of rotatable bonds is 14. The van der Waals surface area contributed by atoms with E-state index < -0.39 is 11.4 Å². The number of hydrogen-bond donors (Lipinski definition) is 3. The van der Waals surface area contributed by atoms with Gasteiger partial charge in [0.25, 0.3) is 0 Å². The van der Waals surface area contributed by atoms with Gasteiger partial charge in [-0.05, 0) is 75.8 Å². The number of nitrogens with zero attached hydrogens (tertiary/aromatic N) is 5. The maximum absolute atomic E-state index is 12.0. The number of nitrogens with one attached hydrogen (secondary N) is 2. The number of amides is 1. The van der Waals surface area contributed by atoms with Crippen LogP contribution in [0.4, 0.5) is 0 Å². The molecule has 4 fully saturated rings. The Labute approximate surface area is 341 Å². The molecule has 3 aliphatic carbocycles. The molecule has 3 saturated carbocycles. The van der Waals surface area contributed by atoms with Crippen molar-refractivity contribution in [2.24, 2.45) is 5.41 Å². The van der Waals surface area contributed by atoms with Crippen molar-refractivity contribution < 1.29 is 24.2 Å². The fraction of sp³-hybridized carbons (Fsp3) is 0.419. The molecule has 2 bridgehead atoms. The van der Waals surface area contributed by atoms with E-state index in [1.165, 1.54) is 0 Å². The molecule has 1 aliphatic heterocycles. The Hall–Kier alpha value is -4.75. The van der Waals surface area contributed by atoms with Gasteiger partial charge in [-0.25, -0.2) is 9.97 Å². The lowest BCUT2D eigenvalue weighted by molar-refractivity contribution is -0.160. The van der Waals surface area contributed by atoms with Gasteiger partial charge in [-0.15, -0.1) is 0 Å². The standard InChI is InChI=1S/C43H47Cl2N7O5/c1-51(43-17-14-42(15-18-43,16-19-43)41(54)55)24-27-20-33(44)35(50-40(27)57-3)25-52-36-9-5-6-29(32(36)23-47-52)30-7-4-8-31(38(30)45)34-12-10-26(39(49-34)56-2)21-46-22-28-11-13-37(53)48-28/h4-10,12,20,23,28,46H,11,13-19,21-22,24-25H2,1-3H3,(H,48,53)(H,54,55)/t28-,42?,43?/m0/s1. The second kappa shape index (κ2) is 15.9. The number of carboxylic acids is 1. The van der Waals surface area contributed by atoms with Crippen LogP contribution in [-0.4, -0.2) is 81.0 Å². The molecule has 1 atom stereocenters. The molecule has 298 valence electrons. The van der Waals surface area contributed by atoms with E-state index in [9.17, 15) is 14.7 Å². The Balaban J connectivity index is 1.00. The number of aliphatic carboxylic acids is 1. The summed E-state index contributed by atoms with van der Waals surface area (Å²) in [5, 5.41) is 23.0. The summed E-state index contributed by atoms with van der Waals surface area (Å²) in [4.78, 5) is 35.6. The maximum atomic E-state index is 12.0. The summed E-state index contributed by atoms with van der Waals surface area (Å²) >= 11 is 14.1. The van der Waals surface area contributed by atoms with E-state index in [-0.39, 0.29) is 17.5 Å². The monoisotopic (exact) mass is 811 g/mol. The SMILES string of the molecule is COc1nc(-c2cccc(-c3cccc4c3cnn4Cc3nc(OC)c(CN(C)C45CCC(C(=O)O)(CC4)CC5)cc3Cl)c2Cl)ccc1CNC[C@@H]1CCC(=O)N1. The molecule has 0 spiro atoms. The number of halogens is 2. The lowest BCUT2D eigenvalue weighted by atomic mass is 9.57. The van der Waals surface area contributed by atoms with Crippen LogP contribution < -0.4 is 20.1 Å². The van der Waals surface area contributed by atoms with E-state index >= 15 is 0 Å². The molecule has 3 aromatic heterocycles. The van der Waals surface area contributed by atoms with Crippen LogP contribution in [0, 0.1) is 5.41 Å². The minimum atomic E-state index is -0.652. The normalized spacial score (nSPS) is 21.6. The van der Waals surface area contributed by atoms with Crippen LogP contribution in [0.2, 0.25) is 10.0 Å². The van der Waals surface area contributed by atoms with Crippen LogP contribution in [0.5, 0.6) is 11.8 Å². The number of aromatic nitrogens is 4. The highest BCUT2D eigenvalue weighted by molar-refractivity contribution is 6.36. The predicted octanol–water partition coefficient (Wildman–Crippen LogP) is 7.51. The highest BCUT2D eigenvalue weighted by Crippen LogP contribution is 2.55. The highest BCUT2D eigenvalue weighted by Gasteiger charge is 2.54. The Morgan fingerprint density at radius 3 is 2.37 bits per heavy atom. The van der Waals surface area contributed by atoms with Crippen LogP contribution in [0.1, 0.15) is 68.2 Å². The molecule has 3 N–H and O–H groups in total. The fourth-order valence-electron chi connectivity index (χ4n) is 9.12. The third-order valence-corrected chi connectivity index (χ3v) is 13.4. The molecule has 9 rings (SSSR count). The zero-order valence-electron chi connectivity index (χ0n) is 32.4. The smallest absolute Gasteiger partial charge is 0.309 e. The summed E-state index contributed by atoms with van der Waals surface area (Å²) in [5.74, 6) is 0.469. The number of ether oxygens (including phenoxy) is 2. The molecule has 14 heteroatoms. The van der Waals surface area contributed by atoms with Crippen molar-refractivity contribution in [3.8, 4) is 34.1 Å². The molecular formula is C43H47Cl2N7O5. The van der Waals surface area contributed by atoms with E-state index in [1.807, 2.05) is 65.5 Å². The van der Waals surface area contributed by atoms with Crippen LogP contribution in [0.3, 0.4) is 0 Å². The topological polar surface area (TPSA) is 144 Å². The molecule has 1 saturated heterocycles. The lowest BCUT2D eigenvalue weighted by Crippen LogP contribution is -2.56. The molecule has 0 radical (unpaired) electrons. The number of carboxylic acid groups (broad SMARTS) is 1. The number of pyridine rings is 2. The number of fused-ring (bicyclic) bond motifs is 4. The summed E-state index contributed by atoms with van der Waals surface area (Å²) < 4.78 is 13.4. The molecule has 2 aromatic carbocycles. The van der Waals surface area contributed by atoms with Crippen LogP contribution in [0.25, 0.3) is 33.3 Å². The molecule has 4 aliphatic rings. The van der Waals surface area contributed by atoms with Crippen molar-refractivity contribution in [2.45, 2.75) is 82.6 Å². The van der Waals surface area contributed by atoms with E-state index in [2.05, 4.69) is 22.6 Å². The summed E-state index contributed by atoms with van der Waals surface area (Å²) in [7, 11) is 5.34. The van der Waals surface area contributed by atoms with Crippen molar-refractivity contribution in [1.29, 1.82) is 0 Å². The van der Waals surface area contributed by atoms with Crippen molar-refractivity contribution in [3.05, 3.63) is 87.7 Å². The van der Waals surface area contributed by atoms with Crippen molar-refractivity contribution in [2.75, 3.05) is 27.8 Å². The van der Waals surface area contributed by atoms with Gasteiger partial charge in [0.05, 0.1) is 59.3 Å². The summed E-state index contributed by atoms with van der Waals surface area (Å²) in [6.45, 7) is 2.15. The van der Waals surface area contributed by atoms with Gasteiger partial charge in [0.15, 0.2) is 0 Å². The van der Waals surface area contributed by atoms with Gasteiger partial charge in [0, 0.05) is 65.3 Å². The molecule has 1 amide bonds. The van der Waals surface area contributed by atoms with Gasteiger partial charge in [-0.2, -0.15) is 5.10 Å². The third kappa shape index (κ3) is 7.44. The minimum absolute atomic E-state index is 0.0373. The highest BCUT2D eigenvalue weighted by atomic mass is 35.5. The molecule has 57 heavy (non-hydrogen) atoms. The van der Waals surface area contributed by atoms with E-state index in [0.29, 0.717) is 85.1 Å². The Morgan fingerprint density at radius 2 is 1.67 bits per heavy atom. The number of hydrogen-bond acceptors (Lipinski definition) is 9. The first kappa shape index (κ1) is 39.1. The lowest BCUT2D eigenvalue weighted by Gasteiger charge is -2.55. The van der Waals surface area contributed by atoms with Crippen molar-refractivity contribution in [1.82, 2.24) is 35.3 Å². The van der Waals surface area contributed by atoms with E-state index in [0.717, 1.165) is 64.4 Å². The van der Waals surface area contributed by atoms with Crippen LogP contribution in [0.15, 0.2) is 60.8 Å². The Morgan fingerprint density at radius 1 is 0.965 bits per heavy atom. The molecular weight excluding hydrogens is 765 g/mol. The Bertz CT molecular complexity index is 2320. The molecule has 4 heterocycles. The predicted molar refractivity (Wildman–Crippen MR) is 220 cm³/mol. The van der Waals surface area contributed by atoms with Gasteiger partial charge >= 0.3 is 5.97 Å². The summed E-state index contributed by atoms with van der Waals surface area (Å²) in [6, 6.07) is 18.0.